The Morgan fingerprint density at radius 3 is 2.30 bits per heavy atom. The van der Waals surface area contributed by atoms with Crippen LogP contribution in [0, 0.1) is 5.41 Å². The zero-order valence-electron chi connectivity index (χ0n) is 5.77. The fraction of sp³-hybridized carbons (Fsp3) is 0.857. The SMILES string of the molecule is O=C(O)C1(CCCl)CCC1. The molecule has 0 bridgehead atoms. The van der Waals surface area contributed by atoms with Crippen molar-refractivity contribution in [2.45, 2.75) is 25.7 Å². The first kappa shape index (κ1) is 7.86. The number of carboxylic acids is 1. The molecular weight excluding hydrogens is 152 g/mol. The minimum atomic E-state index is -0.667. The molecule has 1 saturated carbocycles. The van der Waals surface area contributed by atoms with Crippen LogP contribution in [0.25, 0.3) is 0 Å². The lowest BCUT2D eigenvalue weighted by Gasteiger charge is -2.36. The van der Waals surface area contributed by atoms with E-state index in [1.807, 2.05) is 0 Å². The molecule has 3 heteroatoms. The van der Waals surface area contributed by atoms with Gasteiger partial charge in [0.25, 0.3) is 0 Å². The van der Waals surface area contributed by atoms with E-state index in [1.54, 1.807) is 0 Å². The van der Waals surface area contributed by atoms with Gasteiger partial charge in [-0.05, 0) is 19.3 Å². The van der Waals surface area contributed by atoms with Gasteiger partial charge in [0.1, 0.15) is 0 Å². The number of aliphatic carboxylic acids is 1. The Hall–Kier alpha value is -0.240. The van der Waals surface area contributed by atoms with E-state index in [1.165, 1.54) is 0 Å². The molecule has 1 aliphatic rings. The largest absolute Gasteiger partial charge is 0.481 e. The van der Waals surface area contributed by atoms with Crippen molar-refractivity contribution in [2.75, 3.05) is 5.88 Å². The van der Waals surface area contributed by atoms with Crippen LogP contribution in [0.1, 0.15) is 25.7 Å². The fourth-order valence-corrected chi connectivity index (χ4v) is 1.72. The standard InChI is InChI=1S/C7H11ClO2/c8-5-4-7(6(9)10)2-1-3-7/h1-5H2,(H,9,10). The molecule has 0 saturated heterocycles. The first-order valence-electron chi connectivity index (χ1n) is 3.51. The number of hydrogen-bond acceptors (Lipinski definition) is 1. The minimum Gasteiger partial charge on any atom is -0.481 e. The summed E-state index contributed by atoms with van der Waals surface area (Å²) in [4.78, 5) is 10.6. The first-order valence-corrected chi connectivity index (χ1v) is 4.04. The molecule has 1 rings (SSSR count). The average molecular weight is 163 g/mol. The van der Waals surface area contributed by atoms with Gasteiger partial charge in [0.05, 0.1) is 5.41 Å². The summed E-state index contributed by atoms with van der Waals surface area (Å²) in [5.74, 6) is -0.203. The summed E-state index contributed by atoms with van der Waals surface area (Å²) in [5.41, 5.74) is -0.443. The summed E-state index contributed by atoms with van der Waals surface area (Å²) in [6, 6.07) is 0. The molecule has 2 nitrogen and oxygen atoms in total. The maximum Gasteiger partial charge on any atom is 0.309 e. The molecule has 0 amide bonds. The molecule has 1 N–H and O–H groups in total. The van der Waals surface area contributed by atoms with Crippen molar-refractivity contribution in [1.29, 1.82) is 0 Å². The van der Waals surface area contributed by atoms with Crippen molar-refractivity contribution in [1.82, 2.24) is 0 Å². The van der Waals surface area contributed by atoms with Gasteiger partial charge in [-0.1, -0.05) is 6.42 Å². The van der Waals surface area contributed by atoms with Crippen LogP contribution in [0.2, 0.25) is 0 Å². The number of hydrogen-bond donors (Lipinski definition) is 1. The third kappa shape index (κ3) is 1.12. The Morgan fingerprint density at radius 2 is 2.20 bits per heavy atom. The van der Waals surface area contributed by atoms with Crippen LogP contribution in [0.15, 0.2) is 0 Å². The maximum atomic E-state index is 10.6. The van der Waals surface area contributed by atoms with Gasteiger partial charge in [-0.25, -0.2) is 0 Å². The van der Waals surface area contributed by atoms with Crippen LogP contribution in [-0.4, -0.2) is 17.0 Å². The topological polar surface area (TPSA) is 37.3 Å². The molecule has 0 aromatic rings. The summed E-state index contributed by atoms with van der Waals surface area (Å²) in [6.07, 6.45) is 3.30. The molecule has 0 spiro atoms. The summed E-state index contributed by atoms with van der Waals surface area (Å²) >= 11 is 5.48. The zero-order valence-corrected chi connectivity index (χ0v) is 6.52. The third-order valence-corrected chi connectivity index (χ3v) is 2.53. The van der Waals surface area contributed by atoms with Crippen molar-refractivity contribution in [3.05, 3.63) is 0 Å². The molecule has 0 aliphatic heterocycles. The predicted octanol–water partition coefficient (Wildman–Crippen LogP) is 1.87. The molecule has 0 unspecified atom stereocenters. The molecule has 0 heterocycles. The number of carboxylic acid groups (broad SMARTS) is 1. The summed E-state index contributed by atoms with van der Waals surface area (Å²) in [7, 11) is 0. The summed E-state index contributed by atoms with van der Waals surface area (Å²) in [5, 5.41) is 8.76. The second-order valence-electron chi connectivity index (χ2n) is 2.88. The Kier molecular flexibility index (Phi) is 2.19. The lowest BCUT2D eigenvalue weighted by atomic mass is 9.67. The second kappa shape index (κ2) is 2.79. The highest BCUT2D eigenvalue weighted by atomic mass is 35.5. The highest BCUT2D eigenvalue weighted by Crippen LogP contribution is 2.44. The van der Waals surface area contributed by atoms with Gasteiger partial charge in [0.15, 0.2) is 0 Å². The lowest BCUT2D eigenvalue weighted by Crippen LogP contribution is -2.38. The fourth-order valence-electron chi connectivity index (χ4n) is 1.36. The number of rotatable bonds is 3. The van der Waals surface area contributed by atoms with E-state index < -0.39 is 11.4 Å². The van der Waals surface area contributed by atoms with Crippen molar-refractivity contribution in [2.24, 2.45) is 5.41 Å². The minimum absolute atomic E-state index is 0.443. The van der Waals surface area contributed by atoms with Gasteiger partial charge in [-0.15, -0.1) is 11.6 Å². The van der Waals surface area contributed by atoms with Crippen LogP contribution < -0.4 is 0 Å². The highest BCUT2D eigenvalue weighted by Gasteiger charge is 2.43. The molecule has 0 aromatic heterocycles. The molecule has 1 fully saturated rings. The number of halogens is 1. The van der Waals surface area contributed by atoms with E-state index >= 15 is 0 Å². The Balaban J connectivity index is 2.50. The molecule has 0 aromatic carbocycles. The van der Waals surface area contributed by atoms with Gasteiger partial charge >= 0.3 is 5.97 Å². The van der Waals surface area contributed by atoms with E-state index in [4.69, 9.17) is 16.7 Å². The van der Waals surface area contributed by atoms with Crippen LogP contribution in [0.3, 0.4) is 0 Å². The first-order chi connectivity index (χ1) is 4.71. The van der Waals surface area contributed by atoms with Gasteiger partial charge in [-0.2, -0.15) is 0 Å². The number of alkyl halides is 1. The van der Waals surface area contributed by atoms with Crippen molar-refractivity contribution < 1.29 is 9.90 Å². The second-order valence-corrected chi connectivity index (χ2v) is 3.26. The molecule has 0 radical (unpaired) electrons. The van der Waals surface area contributed by atoms with Gasteiger partial charge in [0.2, 0.25) is 0 Å². The lowest BCUT2D eigenvalue weighted by molar-refractivity contribution is -0.154. The third-order valence-electron chi connectivity index (χ3n) is 2.34. The molecule has 0 atom stereocenters. The van der Waals surface area contributed by atoms with Gasteiger partial charge < -0.3 is 5.11 Å². The van der Waals surface area contributed by atoms with E-state index in [0.29, 0.717) is 12.3 Å². The molecule has 10 heavy (non-hydrogen) atoms. The van der Waals surface area contributed by atoms with Crippen molar-refractivity contribution >= 4 is 17.6 Å². The van der Waals surface area contributed by atoms with Gasteiger partial charge in [-0.3, -0.25) is 4.79 Å². The molecule has 58 valence electrons. The van der Waals surface area contributed by atoms with Gasteiger partial charge in [0, 0.05) is 5.88 Å². The predicted molar refractivity (Wildman–Crippen MR) is 39.3 cm³/mol. The molecular formula is C7H11ClO2. The van der Waals surface area contributed by atoms with Crippen LogP contribution in [0.4, 0.5) is 0 Å². The summed E-state index contributed by atoms with van der Waals surface area (Å²) in [6.45, 7) is 0. The van der Waals surface area contributed by atoms with Crippen LogP contribution >= 0.6 is 11.6 Å². The average Bonchev–Trinajstić information content (AvgIpc) is 1.77. The van der Waals surface area contributed by atoms with Crippen LogP contribution in [0.5, 0.6) is 0 Å². The maximum absolute atomic E-state index is 10.6. The van der Waals surface area contributed by atoms with E-state index in [0.717, 1.165) is 19.3 Å². The van der Waals surface area contributed by atoms with Crippen molar-refractivity contribution in [3.63, 3.8) is 0 Å². The number of carbonyl (C=O) groups is 1. The van der Waals surface area contributed by atoms with E-state index in [9.17, 15) is 4.79 Å². The van der Waals surface area contributed by atoms with Crippen LogP contribution in [-0.2, 0) is 4.79 Å². The molecule has 1 aliphatic carbocycles. The normalized spacial score (nSPS) is 21.7. The smallest absolute Gasteiger partial charge is 0.309 e. The Bertz CT molecular complexity index is 141. The van der Waals surface area contributed by atoms with E-state index in [2.05, 4.69) is 0 Å². The quantitative estimate of drug-likeness (QED) is 0.644. The van der Waals surface area contributed by atoms with E-state index in [-0.39, 0.29) is 0 Å². The Morgan fingerprint density at radius 1 is 1.60 bits per heavy atom. The summed E-state index contributed by atoms with van der Waals surface area (Å²) < 4.78 is 0. The Labute approximate surface area is 65.2 Å². The monoisotopic (exact) mass is 162 g/mol. The highest BCUT2D eigenvalue weighted by molar-refractivity contribution is 6.18. The zero-order chi connectivity index (χ0) is 7.61. The van der Waals surface area contributed by atoms with Crippen molar-refractivity contribution in [3.8, 4) is 0 Å².